The Labute approximate surface area is 97.7 Å². The van der Waals surface area contributed by atoms with E-state index in [1.54, 1.807) is 0 Å². The predicted octanol–water partition coefficient (Wildman–Crippen LogP) is -1.54. The van der Waals surface area contributed by atoms with Crippen LogP contribution in [0.3, 0.4) is 0 Å². The summed E-state index contributed by atoms with van der Waals surface area (Å²) in [5.74, 6) is -5.81. The molecule has 0 fully saturated rings. The fraction of sp³-hybridized carbons (Fsp3) is 0.750. The topological polar surface area (TPSA) is 66.4 Å². The molecule has 92 valence electrons. The molecule has 1 unspecified atom stereocenters. The second-order valence-electron chi connectivity index (χ2n) is 1.85. The van der Waals surface area contributed by atoms with Crippen molar-refractivity contribution in [2.45, 2.75) is 12.1 Å². The van der Waals surface area contributed by atoms with Gasteiger partial charge >= 0.3 is 31.0 Å². The molecule has 0 aliphatic heterocycles. The van der Waals surface area contributed by atoms with Crippen LogP contribution in [0, 0.1) is 0 Å². The van der Waals surface area contributed by atoms with Gasteiger partial charge in [-0.1, -0.05) is 0 Å². The molecule has 0 saturated carbocycles. The van der Waals surface area contributed by atoms with Crippen LogP contribution in [0.5, 0.6) is 0 Å². The molecular weight excluding hydrogens is 264 g/mol. The Kier molecular flexibility index (Phi) is 9.78. The van der Waals surface area contributed by atoms with Crippen LogP contribution in [0.25, 0.3) is 0 Å². The molecule has 0 radical (unpaired) electrons. The van der Waals surface area contributed by atoms with Gasteiger partial charge in [-0.25, -0.2) is 0 Å². The van der Waals surface area contributed by atoms with Gasteiger partial charge in [0.25, 0.3) is 0 Å². The zero-order chi connectivity index (χ0) is 12.9. The van der Waals surface area contributed by atoms with E-state index in [-0.39, 0.29) is 18.9 Å². The largest absolute Gasteiger partial charge is 1.00 e. The third-order valence-electron chi connectivity index (χ3n) is 0.709. The zero-order valence-corrected chi connectivity index (χ0v) is 8.66. The van der Waals surface area contributed by atoms with E-state index in [9.17, 15) is 35.8 Å². The van der Waals surface area contributed by atoms with Gasteiger partial charge in [0.1, 0.15) is 13.4 Å². The number of rotatable bonds is 2. The molecule has 0 spiro atoms. The first-order valence-corrected chi connectivity index (χ1v) is 4.38. The number of hydrogen-bond acceptors (Lipinski definition) is 4. The number of halogens is 6. The van der Waals surface area contributed by atoms with Gasteiger partial charge in [-0.2, -0.15) is 26.3 Å². The minimum Gasteiger partial charge on any atom is -0.772 e. The standard InChI is InChI=1S/C3H3F6O3P.CH2O.Li/c4-2(5,6)1-12-13(10,11)3(7,8)9;1-2;/h1H2,(H,10,11);1H2;/q;;+1/p-1. The minimum absolute atomic E-state index is 0. The van der Waals surface area contributed by atoms with Crippen molar-refractivity contribution in [3.05, 3.63) is 0 Å². The fourth-order valence-electron chi connectivity index (χ4n) is 0.231. The molecule has 0 aliphatic carbocycles. The van der Waals surface area contributed by atoms with Crippen LogP contribution in [-0.4, -0.2) is 25.5 Å². The Morgan fingerprint density at radius 2 is 1.44 bits per heavy atom. The molecule has 1 atom stereocenters. The number of alkyl halides is 6. The van der Waals surface area contributed by atoms with E-state index < -0.39 is 26.3 Å². The molecule has 12 heteroatoms. The van der Waals surface area contributed by atoms with E-state index in [0.717, 1.165) is 0 Å². The summed E-state index contributed by atoms with van der Waals surface area (Å²) < 4.78 is 80.3. The molecule has 0 heterocycles. The Hall–Kier alpha value is -0.00260. The van der Waals surface area contributed by atoms with Gasteiger partial charge in [-0.15, -0.1) is 0 Å². The summed E-state index contributed by atoms with van der Waals surface area (Å²) in [7, 11) is -6.44. The normalized spacial score (nSPS) is 15.2. The maximum atomic E-state index is 11.3. The van der Waals surface area contributed by atoms with Crippen molar-refractivity contribution in [2.24, 2.45) is 0 Å². The van der Waals surface area contributed by atoms with E-state index >= 15 is 0 Å². The predicted molar refractivity (Wildman–Crippen MR) is 32.8 cm³/mol. The van der Waals surface area contributed by atoms with Crippen LogP contribution in [-0.2, 0) is 13.9 Å². The molecule has 0 bridgehead atoms. The van der Waals surface area contributed by atoms with Crippen LogP contribution in [0.15, 0.2) is 0 Å². The number of carbonyl (C=O) groups excluding carboxylic acids is 1. The monoisotopic (exact) mass is 268 g/mol. The molecular formula is C4H4F6LiO4P. The third-order valence-corrected chi connectivity index (χ3v) is 1.80. The van der Waals surface area contributed by atoms with Crippen LogP contribution >= 0.6 is 7.60 Å². The maximum absolute atomic E-state index is 11.3. The van der Waals surface area contributed by atoms with E-state index in [1.165, 1.54) is 0 Å². The van der Waals surface area contributed by atoms with Crippen LogP contribution in [0.1, 0.15) is 0 Å². The molecule has 0 N–H and O–H groups in total. The number of carbonyl (C=O) groups is 1. The third kappa shape index (κ3) is 9.24. The first-order chi connectivity index (χ1) is 6.46. The van der Waals surface area contributed by atoms with Crippen LogP contribution < -0.4 is 23.8 Å². The first-order valence-electron chi connectivity index (χ1n) is 2.84. The molecule has 0 saturated heterocycles. The summed E-state index contributed by atoms with van der Waals surface area (Å²) in [6.45, 7) is -0.479. The van der Waals surface area contributed by atoms with Crippen molar-refractivity contribution in [1.29, 1.82) is 0 Å². The van der Waals surface area contributed by atoms with Gasteiger partial charge in [0.2, 0.25) is 7.60 Å². The van der Waals surface area contributed by atoms with Gasteiger partial charge in [0.15, 0.2) is 0 Å². The van der Waals surface area contributed by atoms with Crippen molar-refractivity contribution >= 4 is 14.4 Å². The van der Waals surface area contributed by atoms with Crippen LogP contribution in [0.2, 0.25) is 0 Å². The molecule has 0 aromatic heterocycles. The summed E-state index contributed by atoms with van der Waals surface area (Å²) in [6, 6.07) is 0. The van der Waals surface area contributed by atoms with Gasteiger partial charge in [0.05, 0.1) is 0 Å². The van der Waals surface area contributed by atoms with Gasteiger partial charge in [-0.3, -0.25) is 4.57 Å². The summed E-state index contributed by atoms with van der Waals surface area (Å²) in [5, 5.41) is 0. The summed E-state index contributed by atoms with van der Waals surface area (Å²) in [5.41, 5.74) is 0. The summed E-state index contributed by atoms with van der Waals surface area (Å²) in [6.07, 6.45) is -5.12. The second-order valence-corrected chi connectivity index (χ2v) is 3.61. The average Bonchev–Trinajstić information content (AvgIpc) is 2.02. The SMILES string of the molecule is C=O.O=P([O-])(OCC(F)(F)F)C(F)(F)F.[Li+]. The van der Waals surface area contributed by atoms with Crippen molar-refractivity contribution in [2.75, 3.05) is 6.61 Å². The van der Waals surface area contributed by atoms with Gasteiger partial charge in [-0.05, 0) is 0 Å². The Balaban J connectivity index is -0.000000529. The molecule has 0 aromatic carbocycles. The maximum Gasteiger partial charge on any atom is 1.00 e. The molecule has 4 nitrogen and oxygen atoms in total. The molecule has 0 aromatic rings. The Morgan fingerprint density at radius 3 is 1.62 bits per heavy atom. The zero-order valence-electron chi connectivity index (χ0n) is 7.76. The first kappa shape index (κ1) is 21.3. The van der Waals surface area contributed by atoms with E-state index in [4.69, 9.17) is 4.79 Å². The average molecular weight is 268 g/mol. The van der Waals surface area contributed by atoms with E-state index in [2.05, 4.69) is 4.52 Å². The van der Waals surface area contributed by atoms with Crippen molar-refractivity contribution in [3.63, 3.8) is 0 Å². The summed E-state index contributed by atoms with van der Waals surface area (Å²) >= 11 is 0. The molecule has 0 rings (SSSR count). The van der Waals surface area contributed by atoms with Crippen LogP contribution in [0.4, 0.5) is 26.3 Å². The smallest absolute Gasteiger partial charge is 0.772 e. The van der Waals surface area contributed by atoms with Crippen molar-refractivity contribution in [1.82, 2.24) is 0 Å². The van der Waals surface area contributed by atoms with E-state index in [1.807, 2.05) is 6.79 Å². The van der Waals surface area contributed by atoms with Gasteiger partial charge in [0, 0.05) is 0 Å². The Bertz CT molecular complexity index is 240. The molecule has 0 aliphatic rings. The summed E-state index contributed by atoms with van der Waals surface area (Å²) in [4.78, 5) is 17.9. The molecule has 0 amide bonds. The second kappa shape index (κ2) is 7.35. The van der Waals surface area contributed by atoms with E-state index in [0.29, 0.717) is 0 Å². The number of hydrogen-bond donors (Lipinski definition) is 0. The quantitative estimate of drug-likeness (QED) is 0.346. The van der Waals surface area contributed by atoms with Crippen molar-refractivity contribution < 1.29 is 64.0 Å². The Morgan fingerprint density at radius 1 is 1.12 bits per heavy atom. The fourth-order valence-corrected chi connectivity index (χ4v) is 0.694. The van der Waals surface area contributed by atoms with Gasteiger partial charge < -0.3 is 14.2 Å². The minimum atomic E-state index is -6.44. The van der Waals surface area contributed by atoms with Crippen molar-refractivity contribution in [3.8, 4) is 0 Å². The molecule has 16 heavy (non-hydrogen) atoms.